The Hall–Kier alpha value is -1.42. The van der Waals surface area contributed by atoms with Crippen LogP contribution in [0.2, 0.25) is 0 Å². The van der Waals surface area contributed by atoms with Gasteiger partial charge in [0.2, 0.25) is 0 Å². The molecule has 1 aromatic rings. The summed E-state index contributed by atoms with van der Waals surface area (Å²) in [5.74, 6) is -0.00343. The molecule has 0 unspecified atom stereocenters. The fourth-order valence-electron chi connectivity index (χ4n) is 1.77. The lowest BCUT2D eigenvalue weighted by molar-refractivity contribution is 0.717. The van der Waals surface area contributed by atoms with E-state index >= 15 is 0 Å². The first-order valence-electron chi connectivity index (χ1n) is 5.59. The zero-order valence-corrected chi connectivity index (χ0v) is 10.9. The van der Waals surface area contributed by atoms with Gasteiger partial charge in [-0.1, -0.05) is 25.8 Å². The van der Waals surface area contributed by atoms with Crippen LogP contribution in [-0.2, 0) is 6.42 Å². The van der Waals surface area contributed by atoms with Gasteiger partial charge in [-0.25, -0.2) is 0 Å². The van der Waals surface area contributed by atoms with Gasteiger partial charge < -0.3 is 17.2 Å². The maximum Gasteiger partial charge on any atom is 0.125 e. The Morgan fingerprint density at radius 3 is 2.41 bits per heavy atom. The average molecular weight is 257 g/mol. The first-order valence-corrected chi connectivity index (χ1v) is 5.59. The Labute approximate surface area is 108 Å². The minimum atomic E-state index is -0.00343. The van der Waals surface area contributed by atoms with Gasteiger partial charge in [-0.2, -0.15) is 0 Å². The summed E-state index contributed by atoms with van der Waals surface area (Å²) >= 11 is 0. The van der Waals surface area contributed by atoms with Crippen molar-refractivity contribution in [2.45, 2.75) is 32.6 Å². The van der Waals surface area contributed by atoms with Gasteiger partial charge in [-0.15, -0.1) is 12.4 Å². The summed E-state index contributed by atoms with van der Waals surface area (Å²) in [6, 6.07) is 3.70. The number of unbranched alkanes of at least 4 members (excludes halogenated alkanes) is 2. The molecule has 4 nitrogen and oxygen atoms in total. The quantitative estimate of drug-likeness (QED) is 0.281. The molecule has 0 amide bonds. The first kappa shape index (κ1) is 15.6. The van der Waals surface area contributed by atoms with Gasteiger partial charge in [-0.05, 0) is 24.5 Å². The lowest BCUT2D eigenvalue weighted by Crippen LogP contribution is -2.17. The number of halogens is 1. The lowest BCUT2D eigenvalue weighted by atomic mass is 9.98. The molecule has 1 aromatic carbocycles. The number of nitrogen functional groups attached to an aromatic ring is 3. The zero-order chi connectivity index (χ0) is 12.1. The Bertz CT molecular complexity index is 390. The van der Waals surface area contributed by atoms with Crippen LogP contribution in [0.4, 0.5) is 11.4 Å². The molecule has 0 saturated heterocycles. The SMILES string of the molecule is CCCCCc1ccc(N)c(N)c1C(=N)N.Cl. The molecule has 0 aliphatic rings. The van der Waals surface area contributed by atoms with E-state index < -0.39 is 0 Å². The first-order chi connectivity index (χ1) is 7.57. The van der Waals surface area contributed by atoms with Crippen molar-refractivity contribution in [1.29, 1.82) is 5.41 Å². The van der Waals surface area contributed by atoms with Crippen LogP contribution in [0.1, 0.15) is 37.3 Å². The Morgan fingerprint density at radius 2 is 1.88 bits per heavy atom. The standard InChI is InChI=1S/C12H20N4.ClH/c1-2-3-4-5-8-6-7-9(13)11(14)10(8)12(15)16;/h6-7H,2-5,13-14H2,1H3,(H3,15,16);1H. The summed E-state index contributed by atoms with van der Waals surface area (Å²) in [6.07, 6.45) is 4.31. The molecule has 0 fully saturated rings. The highest BCUT2D eigenvalue weighted by Crippen LogP contribution is 2.24. The summed E-state index contributed by atoms with van der Waals surface area (Å²) in [4.78, 5) is 0. The van der Waals surface area contributed by atoms with Crippen LogP contribution in [0.15, 0.2) is 12.1 Å². The molecule has 7 N–H and O–H groups in total. The second kappa shape index (κ2) is 7.01. The number of anilines is 2. The minimum absolute atomic E-state index is 0. The summed E-state index contributed by atoms with van der Waals surface area (Å²) in [5.41, 5.74) is 19.6. The fourth-order valence-corrected chi connectivity index (χ4v) is 1.77. The van der Waals surface area contributed by atoms with E-state index in [0.717, 1.165) is 18.4 Å². The number of hydrogen-bond donors (Lipinski definition) is 4. The molecule has 0 atom stereocenters. The largest absolute Gasteiger partial charge is 0.397 e. The summed E-state index contributed by atoms with van der Waals surface area (Å²) < 4.78 is 0. The van der Waals surface area contributed by atoms with E-state index in [9.17, 15) is 0 Å². The molecule has 0 bridgehead atoms. The molecule has 0 aliphatic carbocycles. The van der Waals surface area contributed by atoms with Crippen molar-refractivity contribution in [3.05, 3.63) is 23.3 Å². The Morgan fingerprint density at radius 1 is 1.24 bits per heavy atom. The van der Waals surface area contributed by atoms with Crippen LogP contribution >= 0.6 is 12.4 Å². The second-order valence-corrected chi connectivity index (χ2v) is 3.97. The number of nitrogens with two attached hydrogens (primary N) is 3. The molecule has 0 spiro atoms. The molecular weight excluding hydrogens is 236 g/mol. The van der Waals surface area contributed by atoms with Crippen molar-refractivity contribution in [3.8, 4) is 0 Å². The van der Waals surface area contributed by atoms with E-state index in [1.165, 1.54) is 12.8 Å². The molecule has 0 saturated carbocycles. The summed E-state index contributed by atoms with van der Waals surface area (Å²) in [5, 5.41) is 7.54. The van der Waals surface area contributed by atoms with E-state index in [0.29, 0.717) is 16.9 Å². The number of amidine groups is 1. The van der Waals surface area contributed by atoms with Crippen molar-refractivity contribution >= 4 is 29.6 Å². The van der Waals surface area contributed by atoms with Crippen molar-refractivity contribution in [1.82, 2.24) is 0 Å². The molecule has 1 rings (SSSR count). The van der Waals surface area contributed by atoms with Crippen LogP contribution in [0.3, 0.4) is 0 Å². The predicted octanol–water partition coefficient (Wildman–Crippen LogP) is 2.29. The highest BCUT2D eigenvalue weighted by molar-refractivity contribution is 6.03. The number of nitrogens with one attached hydrogen (secondary N) is 1. The predicted molar refractivity (Wildman–Crippen MR) is 76.8 cm³/mol. The Kier molecular flexibility index (Phi) is 6.43. The van der Waals surface area contributed by atoms with E-state index in [-0.39, 0.29) is 18.2 Å². The summed E-state index contributed by atoms with van der Waals surface area (Å²) in [6.45, 7) is 2.16. The maximum absolute atomic E-state index is 7.54. The van der Waals surface area contributed by atoms with Crippen LogP contribution in [-0.4, -0.2) is 5.84 Å². The third-order valence-electron chi connectivity index (χ3n) is 2.68. The maximum atomic E-state index is 7.54. The zero-order valence-electron chi connectivity index (χ0n) is 10.1. The number of benzene rings is 1. The van der Waals surface area contributed by atoms with E-state index in [4.69, 9.17) is 22.6 Å². The van der Waals surface area contributed by atoms with E-state index in [1.807, 2.05) is 6.07 Å². The number of rotatable bonds is 5. The average Bonchev–Trinajstić information content (AvgIpc) is 2.23. The van der Waals surface area contributed by atoms with Gasteiger partial charge in [0.05, 0.1) is 11.4 Å². The van der Waals surface area contributed by atoms with Gasteiger partial charge in [0.25, 0.3) is 0 Å². The highest BCUT2D eigenvalue weighted by Gasteiger charge is 2.11. The minimum Gasteiger partial charge on any atom is -0.397 e. The van der Waals surface area contributed by atoms with Gasteiger partial charge in [0, 0.05) is 5.56 Å². The number of hydrogen-bond acceptors (Lipinski definition) is 3. The van der Waals surface area contributed by atoms with Gasteiger partial charge in [0.15, 0.2) is 0 Å². The Balaban J connectivity index is 0.00000256. The van der Waals surface area contributed by atoms with Crippen molar-refractivity contribution in [2.75, 3.05) is 11.5 Å². The topological polar surface area (TPSA) is 102 Å². The van der Waals surface area contributed by atoms with Gasteiger partial charge in [-0.3, -0.25) is 5.41 Å². The monoisotopic (exact) mass is 256 g/mol. The van der Waals surface area contributed by atoms with Crippen LogP contribution in [0, 0.1) is 5.41 Å². The van der Waals surface area contributed by atoms with E-state index in [1.54, 1.807) is 6.07 Å². The highest BCUT2D eigenvalue weighted by atomic mass is 35.5. The molecule has 0 radical (unpaired) electrons. The van der Waals surface area contributed by atoms with Crippen molar-refractivity contribution in [3.63, 3.8) is 0 Å². The second-order valence-electron chi connectivity index (χ2n) is 3.97. The van der Waals surface area contributed by atoms with Crippen LogP contribution in [0.5, 0.6) is 0 Å². The van der Waals surface area contributed by atoms with Gasteiger partial charge in [0.1, 0.15) is 5.84 Å². The van der Waals surface area contributed by atoms with Crippen LogP contribution in [0.25, 0.3) is 0 Å². The third kappa shape index (κ3) is 3.82. The third-order valence-corrected chi connectivity index (χ3v) is 2.68. The molecule has 0 aliphatic heterocycles. The molecule has 0 heterocycles. The van der Waals surface area contributed by atoms with Gasteiger partial charge >= 0.3 is 0 Å². The molecule has 17 heavy (non-hydrogen) atoms. The summed E-state index contributed by atoms with van der Waals surface area (Å²) in [7, 11) is 0. The van der Waals surface area contributed by atoms with Crippen molar-refractivity contribution in [2.24, 2.45) is 5.73 Å². The van der Waals surface area contributed by atoms with E-state index in [2.05, 4.69) is 6.92 Å². The molecule has 5 heteroatoms. The fraction of sp³-hybridized carbons (Fsp3) is 0.417. The molecule has 0 aromatic heterocycles. The lowest BCUT2D eigenvalue weighted by Gasteiger charge is -2.12. The number of aryl methyl sites for hydroxylation is 1. The molecular formula is C12H21ClN4. The van der Waals surface area contributed by atoms with Crippen LogP contribution < -0.4 is 17.2 Å². The smallest absolute Gasteiger partial charge is 0.125 e. The van der Waals surface area contributed by atoms with Crippen molar-refractivity contribution < 1.29 is 0 Å². The normalized spacial score (nSPS) is 9.71. The molecule has 96 valence electrons.